The molecule has 0 saturated carbocycles. The third-order valence-electron chi connectivity index (χ3n) is 3.11. The van der Waals surface area contributed by atoms with E-state index in [1.165, 1.54) is 12.1 Å². The summed E-state index contributed by atoms with van der Waals surface area (Å²) in [5.74, 6) is 0.202. The number of carbonyl (C=O) groups is 1. The number of amidine groups is 1. The highest BCUT2D eigenvalue weighted by Crippen LogP contribution is 2.17. The maximum absolute atomic E-state index is 13.1. The molecule has 1 aliphatic heterocycles. The van der Waals surface area contributed by atoms with Crippen molar-refractivity contribution in [2.24, 2.45) is 4.99 Å². The first-order valence-corrected chi connectivity index (χ1v) is 7.47. The van der Waals surface area contributed by atoms with Crippen molar-refractivity contribution in [3.05, 3.63) is 63.7 Å². The number of hydrogen-bond acceptors (Lipinski definition) is 3. The predicted molar refractivity (Wildman–Crippen MR) is 82.6 cm³/mol. The summed E-state index contributed by atoms with van der Waals surface area (Å²) in [5, 5.41) is 4.71. The minimum atomic E-state index is -0.247. The summed E-state index contributed by atoms with van der Waals surface area (Å²) < 4.78 is 13.1. The van der Waals surface area contributed by atoms with E-state index in [-0.39, 0.29) is 11.7 Å². The number of aliphatic imine (C=N–C) groups is 1. The van der Waals surface area contributed by atoms with Gasteiger partial charge in [0, 0.05) is 11.3 Å². The highest BCUT2D eigenvalue weighted by atomic mass is 32.1. The van der Waals surface area contributed by atoms with Crippen LogP contribution in [0.1, 0.15) is 16.9 Å². The molecule has 2 heterocycles. The molecule has 3 nitrogen and oxygen atoms in total. The second-order valence-corrected chi connectivity index (χ2v) is 5.67. The monoisotopic (exact) mass is 300 g/mol. The fraction of sp³-hybridized carbons (Fsp3) is 0.125. The number of aryl methyl sites for hydroxylation is 1. The minimum absolute atomic E-state index is 0.183. The molecular weight excluding hydrogens is 287 g/mol. The Hall–Kier alpha value is -2.27. The Morgan fingerprint density at radius 2 is 2.14 bits per heavy atom. The summed E-state index contributed by atoms with van der Waals surface area (Å²) in [6.45, 7) is 0. The molecule has 1 aliphatic rings. The number of amides is 1. The molecule has 0 aliphatic carbocycles. The standard InChI is InChI=1S/C16H13FN2OS/c17-12-4-1-3-11(9-12)6-7-15-18-14(16(20)19-15)10-13-5-2-8-21-13/h1-5,8-10H,6-7H2,(H,18,19,20)/b14-10+. The molecule has 0 spiro atoms. The van der Waals surface area contributed by atoms with Crippen LogP contribution in [-0.2, 0) is 11.2 Å². The minimum Gasteiger partial charge on any atom is -0.309 e. The average molecular weight is 300 g/mol. The lowest BCUT2D eigenvalue weighted by molar-refractivity contribution is -0.115. The van der Waals surface area contributed by atoms with Crippen LogP contribution in [0.3, 0.4) is 0 Å². The van der Waals surface area contributed by atoms with Crippen molar-refractivity contribution in [2.45, 2.75) is 12.8 Å². The van der Waals surface area contributed by atoms with Gasteiger partial charge in [-0.2, -0.15) is 0 Å². The van der Waals surface area contributed by atoms with Crippen LogP contribution in [0.25, 0.3) is 6.08 Å². The van der Waals surface area contributed by atoms with Crippen molar-refractivity contribution >= 4 is 29.2 Å². The number of carbonyl (C=O) groups excluding carboxylic acids is 1. The Kier molecular flexibility index (Phi) is 3.92. The lowest BCUT2D eigenvalue weighted by Crippen LogP contribution is -2.24. The maximum atomic E-state index is 13.1. The van der Waals surface area contributed by atoms with E-state index >= 15 is 0 Å². The molecule has 0 saturated heterocycles. The van der Waals surface area contributed by atoms with Gasteiger partial charge in [-0.3, -0.25) is 4.79 Å². The van der Waals surface area contributed by atoms with Gasteiger partial charge in [-0.05, 0) is 41.6 Å². The topological polar surface area (TPSA) is 41.5 Å². The average Bonchev–Trinajstić information content (AvgIpc) is 3.08. The van der Waals surface area contributed by atoms with Crippen molar-refractivity contribution in [1.29, 1.82) is 0 Å². The second kappa shape index (κ2) is 6.01. The van der Waals surface area contributed by atoms with E-state index < -0.39 is 0 Å². The molecule has 3 rings (SSSR count). The first-order chi connectivity index (χ1) is 10.2. The predicted octanol–water partition coefficient (Wildman–Crippen LogP) is 3.39. The fourth-order valence-electron chi connectivity index (χ4n) is 2.10. The largest absolute Gasteiger partial charge is 0.309 e. The summed E-state index contributed by atoms with van der Waals surface area (Å²) in [7, 11) is 0. The number of rotatable bonds is 4. The molecule has 0 unspecified atom stereocenters. The Bertz CT molecular complexity index is 720. The first-order valence-electron chi connectivity index (χ1n) is 6.59. The van der Waals surface area contributed by atoms with Gasteiger partial charge in [-0.25, -0.2) is 9.38 Å². The van der Waals surface area contributed by atoms with Crippen molar-refractivity contribution in [3.63, 3.8) is 0 Å². The van der Waals surface area contributed by atoms with Crippen molar-refractivity contribution in [2.75, 3.05) is 0 Å². The highest BCUT2D eigenvalue weighted by Gasteiger charge is 2.19. The molecule has 1 N–H and O–H groups in total. The third kappa shape index (κ3) is 3.44. The summed E-state index contributed by atoms with van der Waals surface area (Å²) in [5.41, 5.74) is 1.31. The number of nitrogens with zero attached hydrogens (tertiary/aromatic N) is 1. The lowest BCUT2D eigenvalue weighted by atomic mass is 10.1. The molecule has 21 heavy (non-hydrogen) atoms. The van der Waals surface area contributed by atoms with Gasteiger partial charge in [0.2, 0.25) is 0 Å². The maximum Gasteiger partial charge on any atom is 0.275 e. The normalized spacial score (nSPS) is 16.1. The smallest absolute Gasteiger partial charge is 0.275 e. The van der Waals surface area contributed by atoms with Gasteiger partial charge in [0.25, 0.3) is 5.91 Å². The Labute approximate surface area is 125 Å². The zero-order valence-electron chi connectivity index (χ0n) is 11.2. The molecule has 0 bridgehead atoms. The number of benzene rings is 1. The Morgan fingerprint density at radius 1 is 1.24 bits per heavy atom. The van der Waals surface area contributed by atoms with Gasteiger partial charge in [0.1, 0.15) is 17.3 Å². The molecule has 5 heteroatoms. The number of halogens is 1. The number of thiophene rings is 1. The van der Waals surface area contributed by atoms with Crippen molar-refractivity contribution in [3.8, 4) is 0 Å². The molecule has 1 aromatic carbocycles. The van der Waals surface area contributed by atoms with E-state index in [2.05, 4.69) is 10.3 Å². The molecule has 0 atom stereocenters. The first kappa shape index (κ1) is 13.7. The van der Waals surface area contributed by atoms with Crippen molar-refractivity contribution < 1.29 is 9.18 Å². The van der Waals surface area contributed by atoms with E-state index in [4.69, 9.17) is 0 Å². The quantitative estimate of drug-likeness (QED) is 0.864. The summed E-state index contributed by atoms with van der Waals surface area (Å²) >= 11 is 1.56. The Balaban J connectivity index is 1.68. The van der Waals surface area contributed by atoms with Gasteiger partial charge in [-0.15, -0.1) is 11.3 Å². The summed E-state index contributed by atoms with van der Waals surface area (Å²) in [6, 6.07) is 10.3. The van der Waals surface area contributed by atoms with Crippen LogP contribution in [0, 0.1) is 5.82 Å². The van der Waals surface area contributed by atoms with Gasteiger partial charge in [0.15, 0.2) is 0 Å². The molecule has 1 aromatic heterocycles. The molecule has 106 valence electrons. The molecule has 1 amide bonds. The number of nitrogens with one attached hydrogen (secondary N) is 1. The Morgan fingerprint density at radius 3 is 2.90 bits per heavy atom. The molecule has 0 fully saturated rings. The van der Waals surface area contributed by atoms with E-state index in [9.17, 15) is 9.18 Å². The van der Waals surface area contributed by atoms with Crippen LogP contribution >= 0.6 is 11.3 Å². The van der Waals surface area contributed by atoms with Gasteiger partial charge < -0.3 is 5.32 Å². The van der Waals surface area contributed by atoms with Crippen molar-refractivity contribution in [1.82, 2.24) is 5.32 Å². The van der Waals surface area contributed by atoms with Crippen LogP contribution in [-0.4, -0.2) is 11.7 Å². The van der Waals surface area contributed by atoms with Crippen LogP contribution in [0.2, 0.25) is 0 Å². The molecule has 2 aromatic rings. The second-order valence-electron chi connectivity index (χ2n) is 4.69. The van der Waals surface area contributed by atoms with Crippen LogP contribution in [0.4, 0.5) is 4.39 Å². The zero-order chi connectivity index (χ0) is 14.7. The van der Waals surface area contributed by atoms with Gasteiger partial charge >= 0.3 is 0 Å². The van der Waals surface area contributed by atoms with E-state index in [0.29, 0.717) is 24.4 Å². The highest BCUT2D eigenvalue weighted by molar-refractivity contribution is 7.10. The van der Waals surface area contributed by atoms with Crippen LogP contribution in [0.15, 0.2) is 52.5 Å². The van der Waals surface area contributed by atoms with E-state index in [1.807, 2.05) is 23.6 Å². The lowest BCUT2D eigenvalue weighted by Gasteiger charge is -2.01. The van der Waals surface area contributed by atoms with Gasteiger partial charge in [0.05, 0.1) is 0 Å². The number of hydrogen-bond donors (Lipinski definition) is 1. The summed E-state index contributed by atoms with van der Waals surface area (Å²) in [4.78, 5) is 17.1. The zero-order valence-corrected chi connectivity index (χ0v) is 12.0. The van der Waals surface area contributed by atoms with Crippen LogP contribution in [0.5, 0.6) is 0 Å². The van der Waals surface area contributed by atoms with E-state index in [0.717, 1.165) is 10.4 Å². The molecule has 0 radical (unpaired) electrons. The summed E-state index contributed by atoms with van der Waals surface area (Å²) in [6.07, 6.45) is 3.00. The third-order valence-corrected chi connectivity index (χ3v) is 3.93. The molecular formula is C16H13FN2OS. The SMILES string of the molecule is O=C1NC(CCc2cccc(F)c2)=N/C1=C/c1cccs1. The van der Waals surface area contributed by atoms with E-state index in [1.54, 1.807) is 23.5 Å². The van der Waals surface area contributed by atoms with Gasteiger partial charge in [-0.1, -0.05) is 18.2 Å². The fourth-order valence-corrected chi connectivity index (χ4v) is 2.75. The van der Waals surface area contributed by atoms with Crippen LogP contribution < -0.4 is 5.32 Å².